The van der Waals surface area contributed by atoms with E-state index in [0.29, 0.717) is 44.9 Å². The maximum absolute atomic E-state index is 12.7. The fourth-order valence-electron chi connectivity index (χ4n) is 4.13. The largest absolute Gasteiger partial charge is 0.356 e. The molecule has 0 bridgehead atoms. The highest BCUT2D eigenvalue weighted by molar-refractivity contribution is 7.89. The number of sulfonamides is 1. The highest BCUT2D eigenvalue weighted by Crippen LogP contribution is 2.29. The van der Waals surface area contributed by atoms with Crippen LogP contribution < -0.4 is 5.32 Å². The van der Waals surface area contributed by atoms with Crippen LogP contribution in [0.2, 0.25) is 0 Å². The van der Waals surface area contributed by atoms with Crippen molar-refractivity contribution >= 4 is 21.8 Å². The third-order valence-electron chi connectivity index (χ3n) is 6.18. The number of hydrogen-bond donors (Lipinski definition) is 1. The molecule has 2 aliphatic heterocycles. The summed E-state index contributed by atoms with van der Waals surface area (Å²) in [6.07, 6.45) is 7.05. The molecule has 9 nitrogen and oxygen atoms in total. The molecule has 1 N–H and O–H groups in total. The Bertz CT molecular complexity index is 871. The van der Waals surface area contributed by atoms with Crippen LogP contribution in [0.3, 0.4) is 0 Å². The highest BCUT2D eigenvalue weighted by atomic mass is 32.2. The lowest BCUT2D eigenvalue weighted by Gasteiger charge is -2.32. The molecule has 1 atom stereocenters. The molecule has 10 heteroatoms. The molecule has 3 heterocycles. The average Bonchev–Trinajstić information content (AvgIpc) is 3.31. The molecule has 29 heavy (non-hydrogen) atoms. The quantitative estimate of drug-likeness (QED) is 0.674. The minimum atomic E-state index is -3.56. The van der Waals surface area contributed by atoms with Gasteiger partial charge in [0.15, 0.2) is 5.03 Å². The number of rotatable bonds is 7. The number of nitrogens with one attached hydrogen (secondary N) is 1. The molecule has 160 valence electrons. The van der Waals surface area contributed by atoms with Gasteiger partial charge in [0.05, 0.1) is 12.2 Å². The molecular weight excluding hydrogens is 394 g/mol. The van der Waals surface area contributed by atoms with Crippen LogP contribution in [-0.2, 0) is 26.7 Å². The Kier molecular flexibility index (Phi) is 5.65. The third kappa shape index (κ3) is 4.63. The van der Waals surface area contributed by atoms with Gasteiger partial charge < -0.3 is 14.8 Å². The topological polar surface area (TPSA) is 105 Å². The Morgan fingerprint density at radius 3 is 2.55 bits per heavy atom. The first-order chi connectivity index (χ1) is 13.8. The summed E-state index contributed by atoms with van der Waals surface area (Å²) in [5, 5.41) is 3.05. The SMILES string of the molecule is Cn1cnc(S(=O)(=O)N2CCC(CN3CC(C(=O)NCC4CC4)CC3=O)CC2)c1. The number of likely N-dealkylation sites (tertiary alicyclic amines) is 1. The molecule has 2 saturated heterocycles. The van der Waals surface area contributed by atoms with Gasteiger partial charge >= 0.3 is 0 Å². The number of nitrogens with zero attached hydrogens (tertiary/aromatic N) is 4. The Labute approximate surface area is 171 Å². The maximum Gasteiger partial charge on any atom is 0.262 e. The number of aryl methyl sites for hydroxylation is 1. The predicted molar refractivity (Wildman–Crippen MR) is 105 cm³/mol. The van der Waals surface area contributed by atoms with Gasteiger partial charge in [0, 0.05) is 52.4 Å². The number of carbonyl (C=O) groups excluding carboxylic acids is 2. The summed E-state index contributed by atoms with van der Waals surface area (Å²) in [4.78, 5) is 30.4. The molecule has 1 saturated carbocycles. The van der Waals surface area contributed by atoms with Crippen molar-refractivity contribution in [2.24, 2.45) is 24.8 Å². The van der Waals surface area contributed by atoms with Gasteiger partial charge in [-0.05, 0) is 37.5 Å². The molecule has 1 aliphatic carbocycles. The Morgan fingerprint density at radius 1 is 1.21 bits per heavy atom. The van der Waals surface area contributed by atoms with Crippen molar-refractivity contribution in [3.8, 4) is 0 Å². The van der Waals surface area contributed by atoms with Crippen LogP contribution >= 0.6 is 0 Å². The van der Waals surface area contributed by atoms with Gasteiger partial charge in [-0.1, -0.05) is 0 Å². The summed E-state index contributed by atoms with van der Waals surface area (Å²) < 4.78 is 28.5. The molecule has 4 rings (SSSR count). The van der Waals surface area contributed by atoms with Crippen molar-refractivity contribution in [3.05, 3.63) is 12.5 Å². The van der Waals surface area contributed by atoms with E-state index in [2.05, 4.69) is 10.3 Å². The van der Waals surface area contributed by atoms with E-state index >= 15 is 0 Å². The molecular formula is C19H29N5O4S. The van der Waals surface area contributed by atoms with E-state index in [1.165, 1.54) is 29.7 Å². The number of imidazole rings is 1. The standard InChI is InChI=1S/C19H29N5O4S/c1-22-12-17(21-13-22)29(27,28)24-6-4-15(5-7-24)10-23-11-16(8-18(23)25)19(26)20-9-14-2-3-14/h12-16H,2-11H2,1H3,(H,20,26). The van der Waals surface area contributed by atoms with Crippen molar-refractivity contribution in [3.63, 3.8) is 0 Å². The van der Waals surface area contributed by atoms with Crippen LogP contribution in [0.5, 0.6) is 0 Å². The second-order valence-electron chi connectivity index (χ2n) is 8.61. The van der Waals surface area contributed by atoms with Crippen LogP contribution in [0.4, 0.5) is 0 Å². The van der Waals surface area contributed by atoms with Crippen molar-refractivity contribution in [2.75, 3.05) is 32.7 Å². The number of carbonyl (C=O) groups is 2. The fraction of sp³-hybridized carbons (Fsp3) is 0.737. The third-order valence-corrected chi connectivity index (χ3v) is 7.97. The zero-order chi connectivity index (χ0) is 20.6. The van der Waals surface area contributed by atoms with E-state index in [9.17, 15) is 18.0 Å². The van der Waals surface area contributed by atoms with Crippen molar-refractivity contribution in [1.29, 1.82) is 0 Å². The lowest BCUT2D eigenvalue weighted by molar-refractivity contribution is -0.129. The van der Waals surface area contributed by atoms with Gasteiger partial charge in [-0.25, -0.2) is 13.4 Å². The first-order valence-electron chi connectivity index (χ1n) is 10.4. The second-order valence-corrected chi connectivity index (χ2v) is 10.5. The molecule has 3 aliphatic rings. The van der Waals surface area contributed by atoms with E-state index < -0.39 is 10.0 Å². The number of piperidine rings is 1. The summed E-state index contributed by atoms with van der Waals surface area (Å²) in [6.45, 7) is 2.66. The Morgan fingerprint density at radius 2 is 1.93 bits per heavy atom. The minimum Gasteiger partial charge on any atom is -0.356 e. The molecule has 1 unspecified atom stereocenters. The van der Waals surface area contributed by atoms with E-state index in [0.717, 1.165) is 6.54 Å². The molecule has 1 aromatic heterocycles. The van der Waals surface area contributed by atoms with E-state index in [4.69, 9.17) is 0 Å². The van der Waals surface area contributed by atoms with Gasteiger partial charge in [0.1, 0.15) is 0 Å². The fourth-order valence-corrected chi connectivity index (χ4v) is 5.57. The molecule has 0 spiro atoms. The Hall–Kier alpha value is -1.94. The summed E-state index contributed by atoms with van der Waals surface area (Å²) >= 11 is 0. The van der Waals surface area contributed by atoms with Crippen molar-refractivity contribution in [2.45, 2.75) is 37.1 Å². The second kappa shape index (κ2) is 8.06. The van der Waals surface area contributed by atoms with Crippen LogP contribution in [-0.4, -0.2) is 71.7 Å². The highest BCUT2D eigenvalue weighted by Gasteiger charge is 2.37. The minimum absolute atomic E-state index is 0.0102. The summed E-state index contributed by atoms with van der Waals surface area (Å²) in [7, 11) is -1.82. The van der Waals surface area contributed by atoms with Gasteiger partial charge in [0.2, 0.25) is 11.8 Å². The van der Waals surface area contributed by atoms with Gasteiger partial charge in [0.25, 0.3) is 10.0 Å². The zero-order valence-corrected chi connectivity index (χ0v) is 17.6. The normalized spacial score (nSPS) is 24.2. The maximum atomic E-state index is 12.7. The summed E-state index contributed by atoms with van der Waals surface area (Å²) in [5.74, 6) is 0.636. The van der Waals surface area contributed by atoms with Gasteiger partial charge in [-0.2, -0.15) is 4.31 Å². The molecule has 0 aromatic carbocycles. The van der Waals surface area contributed by atoms with E-state index in [-0.39, 0.29) is 35.1 Å². The number of amides is 2. The smallest absolute Gasteiger partial charge is 0.262 e. The van der Waals surface area contributed by atoms with Crippen LogP contribution in [0, 0.1) is 17.8 Å². The lowest BCUT2D eigenvalue weighted by atomic mass is 9.97. The first-order valence-corrected chi connectivity index (χ1v) is 11.8. The van der Waals surface area contributed by atoms with E-state index in [1.807, 2.05) is 0 Å². The average molecular weight is 424 g/mol. The predicted octanol–water partition coefficient (Wildman–Crippen LogP) is 0.196. The van der Waals surface area contributed by atoms with Crippen LogP contribution in [0.15, 0.2) is 17.6 Å². The van der Waals surface area contributed by atoms with Gasteiger partial charge in [-0.15, -0.1) is 0 Å². The Balaban J connectivity index is 1.26. The first kappa shape index (κ1) is 20.3. The number of hydrogen-bond acceptors (Lipinski definition) is 5. The number of aromatic nitrogens is 2. The van der Waals surface area contributed by atoms with Crippen molar-refractivity contribution < 1.29 is 18.0 Å². The molecule has 3 fully saturated rings. The van der Waals surface area contributed by atoms with Crippen LogP contribution in [0.1, 0.15) is 32.1 Å². The molecule has 0 radical (unpaired) electrons. The van der Waals surface area contributed by atoms with Crippen LogP contribution in [0.25, 0.3) is 0 Å². The summed E-state index contributed by atoms with van der Waals surface area (Å²) in [6, 6.07) is 0. The van der Waals surface area contributed by atoms with E-state index in [1.54, 1.807) is 16.5 Å². The zero-order valence-electron chi connectivity index (χ0n) is 16.8. The van der Waals surface area contributed by atoms with Gasteiger partial charge in [-0.3, -0.25) is 9.59 Å². The van der Waals surface area contributed by atoms with Crippen molar-refractivity contribution in [1.82, 2.24) is 24.1 Å². The molecule has 1 aromatic rings. The monoisotopic (exact) mass is 423 g/mol. The summed E-state index contributed by atoms with van der Waals surface area (Å²) in [5.41, 5.74) is 0. The lowest BCUT2D eigenvalue weighted by Crippen LogP contribution is -2.42. The molecule has 2 amide bonds.